The highest BCUT2D eigenvalue weighted by Crippen LogP contribution is 2.25. The zero-order valence-corrected chi connectivity index (χ0v) is 10.0. The average Bonchev–Trinajstić information content (AvgIpc) is 2.40. The number of rotatable bonds is 6. The van der Waals surface area contributed by atoms with Crippen LogP contribution in [0.25, 0.3) is 0 Å². The lowest BCUT2D eigenvalue weighted by molar-refractivity contribution is -0.137. The van der Waals surface area contributed by atoms with E-state index in [9.17, 15) is 4.79 Å². The van der Waals surface area contributed by atoms with Crippen molar-refractivity contribution in [3.05, 3.63) is 35.9 Å². The van der Waals surface area contributed by atoms with Crippen LogP contribution in [0.1, 0.15) is 18.4 Å². The molecule has 3 heteroatoms. The minimum absolute atomic E-state index is 0.0172. The fourth-order valence-corrected chi connectivity index (χ4v) is 1.76. The van der Waals surface area contributed by atoms with Crippen LogP contribution in [0.5, 0.6) is 0 Å². The van der Waals surface area contributed by atoms with E-state index in [1.54, 1.807) is 0 Å². The van der Waals surface area contributed by atoms with Gasteiger partial charge in [0.2, 0.25) is 0 Å². The molecule has 18 heavy (non-hydrogen) atoms. The van der Waals surface area contributed by atoms with Gasteiger partial charge in [-0.15, -0.1) is 12.8 Å². The van der Waals surface area contributed by atoms with Gasteiger partial charge in [0.05, 0.1) is 6.54 Å². The highest BCUT2D eigenvalue weighted by Gasteiger charge is 2.29. The van der Waals surface area contributed by atoms with Crippen LogP contribution >= 0.6 is 0 Å². The molecule has 0 saturated heterocycles. The minimum atomic E-state index is -0.881. The molecule has 0 aliphatic heterocycles. The Morgan fingerprint density at radius 2 is 2.00 bits per heavy atom. The summed E-state index contributed by atoms with van der Waals surface area (Å²) in [6.07, 6.45) is 11.1. The van der Waals surface area contributed by atoms with Crippen molar-refractivity contribution in [2.75, 3.05) is 6.54 Å². The molecule has 0 saturated carbocycles. The van der Waals surface area contributed by atoms with E-state index in [2.05, 4.69) is 17.2 Å². The Bertz CT molecular complexity index is 481. The maximum atomic E-state index is 10.7. The molecule has 0 unspecified atom stereocenters. The van der Waals surface area contributed by atoms with Crippen molar-refractivity contribution in [3.63, 3.8) is 0 Å². The molecule has 0 aromatic heterocycles. The molecule has 92 valence electrons. The summed E-state index contributed by atoms with van der Waals surface area (Å²) in [6, 6.07) is 9.33. The summed E-state index contributed by atoms with van der Waals surface area (Å²) < 4.78 is 0. The Balaban J connectivity index is 3.03. The number of benzene rings is 1. The van der Waals surface area contributed by atoms with Gasteiger partial charge in [-0.3, -0.25) is 10.1 Å². The lowest BCUT2D eigenvalue weighted by atomic mass is 9.86. The van der Waals surface area contributed by atoms with Gasteiger partial charge in [0.15, 0.2) is 0 Å². The number of terminal acetylenes is 2. The van der Waals surface area contributed by atoms with Crippen molar-refractivity contribution >= 4 is 5.97 Å². The molecule has 3 nitrogen and oxygen atoms in total. The van der Waals surface area contributed by atoms with Gasteiger partial charge in [-0.05, 0) is 12.0 Å². The number of nitrogens with one attached hydrogen (secondary N) is 1. The molecule has 1 rings (SSSR count). The monoisotopic (exact) mass is 241 g/mol. The smallest absolute Gasteiger partial charge is 0.303 e. The molecule has 0 aliphatic carbocycles. The van der Waals surface area contributed by atoms with E-state index in [0.29, 0.717) is 13.0 Å². The predicted octanol–water partition coefficient (Wildman–Crippen LogP) is 1.60. The van der Waals surface area contributed by atoms with Crippen molar-refractivity contribution in [1.82, 2.24) is 5.32 Å². The predicted molar refractivity (Wildman–Crippen MR) is 70.7 cm³/mol. The normalized spacial score (nSPS) is 13.0. The fraction of sp³-hybridized carbons (Fsp3) is 0.267. The average molecular weight is 241 g/mol. The van der Waals surface area contributed by atoms with Gasteiger partial charge >= 0.3 is 5.97 Å². The van der Waals surface area contributed by atoms with Gasteiger partial charge in [-0.1, -0.05) is 42.2 Å². The Morgan fingerprint density at radius 3 is 2.50 bits per heavy atom. The quantitative estimate of drug-likeness (QED) is 0.744. The van der Waals surface area contributed by atoms with Gasteiger partial charge < -0.3 is 5.11 Å². The second kappa shape index (κ2) is 6.49. The summed E-state index contributed by atoms with van der Waals surface area (Å²) in [4.78, 5) is 10.7. The summed E-state index contributed by atoms with van der Waals surface area (Å²) in [5.74, 6) is 4.23. The van der Waals surface area contributed by atoms with Crippen molar-refractivity contribution in [3.8, 4) is 24.7 Å². The van der Waals surface area contributed by atoms with Crippen LogP contribution < -0.4 is 5.32 Å². The number of carboxylic acids is 1. The first kappa shape index (κ1) is 13.8. The zero-order valence-electron chi connectivity index (χ0n) is 10.0. The number of carboxylic acid groups (broad SMARTS) is 1. The van der Waals surface area contributed by atoms with Crippen LogP contribution in [-0.2, 0) is 10.3 Å². The molecular weight excluding hydrogens is 226 g/mol. The second-order valence-corrected chi connectivity index (χ2v) is 3.87. The Labute approximate surface area is 107 Å². The first-order valence-corrected chi connectivity index (χ1v) is 5.58. The van der Waals surface area contributed by atoms with E-state index in [4.69, 9.17) is 18.0 Å². The van der Waals surface area contributed by atoms with Crippen molar-refractivity contribution in [2.45, 2.75) is 18.4 Å². The summed E-state index contributed by atoms with van der Waals surface area (Å²) in [5.41, 5.74) is 0.0236. The first-order valence-electron chi connectivity index (χ1n) is 5.58. The Kier molecular flexibility index (Phi) is 4.99. The van der Waals surface area contributed by atoms with Crippen LogP contribution in [0.4, 0.5) is 0 Å². The van der Waals surface area contributed by atoms with E-state index in [-0.39, 0.29) is 6.42 Å². The zero-order chi connectivity index (χ0) is 13.4. The third-order valence-corrected chi connectivity index (χ3v) is 2.72. The van der Waals surface area contributed by atoms with Crippen LogP contribution in [0, 0.1) is 24.7 Å². The summed E-state index contributed by atoms with van der Waals surface area (Å²) in [6.45, 7) is 0.290. The van der Waals surface area contributed by atoms with Crippen molar-refractivity contribution in [2.24, 2.45) is 0 Å². The van der Waals surface area contributed by atoms with Crippen molar-refractivity contribution in [1.29, 1.82) is 0 Å². The highest BCUT2D eigenvalue weighted by molar-refractivity contribution is 5.67. The van der Waals surface area contributed by atoms with E-state index in [1.165, 1.54) is 0 Å². The molecule has 0 bridgehead atoms. The lowest BCUT2D eigenvalue weighted by Crippen LogP contribution is -2.41. The first-order chi connectivity index (χ1) is 8.64. The van der Waals surface area contributed by atoms with Gasteiger partial charge in [-0.25, -0.2) is 0 Å². The van der Waals surface area contributed by atoms with E-state index in [1.807, 2.05) is 30.3 Å². The summed E-state index contributed by atoms with van der Waals surface area (Å²) in [5, 5.41) is 11.9. The van der Waals surface area contributed by atoms with Gasteiger partial charge in [0.25, 0.3) is 0 Å². The second-order valence-electron chi connectivity index (χ2n) is 3.87. The minimum Gasteiger partial charge on any atom is -0.481 e. The van der Waals surface area contributed by atoms with E-state index >= 15 is 0 Å². The lowest BCUT2D eigenvalue weighted by Gasteiger charge is -2.29. The fourth-order valence-electron chi connectivity index (χ4n) is 1.76. The van der Waals surface area contributed by atoms with Crippen LogP contribution in [0.2, 0.25) is 0 Å². The molecule has 1 atom stereocenters. The molecule has 0 heterocycles. The molecule has 2 N–H and O–H groups in total. The summed E-state index contributed by atoms with van der Waals surface area (Å²) in [7, 11) is 0. The number of carbonyl (C=O) groups is 1. The highest BCUT2D eigenvalue weighted by atomic mass is 16.4. The van der Waals surface area contributed by atoms with Crippen LogP contribution in [0.15, 0.2) is 30.3 Å². The number of aliphatic carboxylic acids is 1. The molecule has 0 amide bonds. The molecule has 1 aromatic rings. The van der Waals surface area contributed by atoms with E-state index in [0.717, 1.165) is 5.56 Å². The molecule has 0 fully saturated rings. The Hall–Kier alpha value is -2.23. The number of hydrogen-bond acceptors (Lipinski definition) is 2. The third kappa shape index (κ3) is 3.38. The third-order valence-electron chi connectivity index (χ3n) is 2.72. The SMILES string of the molecule is C#CCN[C@@](C#C)(CCC(=O)O)c1ccccc1. The van der Waals surface area contributed by atoms with Crippen LogP contribution in [-0.4, -0.2) is 17.6 Å². The largest absolute Gasteiger partial charge is 0.481 e. The molecule has 0 spiro atoms. The molecule has 0 aliphatic rings. The number of hydrogen-bond donors (Lipinski definition) is 2. The van der Waals surface area contributed by atoms with Gasteiger partial charge in [-0.2, -0.15) is 0 Å². The topological polar surface area (TPSA) is 49.3 Å². The van der Waals surface area contributed by atoms with E-state index < -0.39 is 11.5 Å². The van der Waals surface area contributed by atoms with Crippen molar-refractivity contribution < 1.29 is 9.90 Å². The van der Waals surface area contributed by atoms with Gasteiger partial charge in [0.1, 0.15) is 5.54 Å². The molecule has 1 aromatic carbocycles. The van der Waals surface area contributed by atoms with Crippen LogP contribution in [0.3, 0.4) is 0 Å². The Morgan fingerprint density at radius 1 is 1.33 bits per heavy atom. The van der Waals surface area contributed by atoms with Gasteiger partial charge in [0, 0.05) is 6.42 Å². The standard InChI is InChI=1S/C15H15NO2/c1-3-12-16-15(4-2,11-10-14(17)18)13-8-6-5-7-9-13/h1-2,5-9,16H,10-12H2,(H,17,18)/t15-/m0/s1. The molecule has 0 radical (unpaired) electrons. The molecular formula is C15H15NO2. The maximum Gasteiger partial charge on any atom is 0.303 e. The maximum absolute atomic E-state index is 10.7. The summed E-state index contributed by atoms with van der Waals surface area (Å²) >= 11 is 0.